The second-order valence-corrected chi connectivity index (χ2v) is 7.63. The highest BCUT2D eigenvalue weighted by Gasteiger charge is 2.18. The molecule has 0 bridgehead atoms. The van der Waals surface area contributed by atoms with E-state index in [-0.39, 0.29) is 6.10 Å². The number of imidazole rings is 1. The first-order chi connectivity index (χ1) is 14.6. The van der Waals surface area contributed by atoms with Crippen LogP contribution in [0.25, 0.3) is 22.4 Å². The minimum Gasteiger partial charge on any atom is -0.371 e. The van der Waals surface area contributed by atoms with Gasteiger partial charge in [-0.3, -0.25) is 0 Å². The Morgan fingerprint density at radius 2 is 1.87 bits per heavy atom. The molecule has 0 aliphatic heterocycles. The third kappa shape index (κ3) is 4.14. The van der Waals surface area contributed by atoms with Crippen LogP contribution in [0.15, 0.2) is 48.5 Å². The van der Waals surface area contributed by atoms with Gasteiger partial charge in [0.05, 0.1) is 11.0 Å². The van der Waals surface area contributed by atoms with Gasteiger partial charge in [-0.2, -0.15) is 5.10 Å². The molecule has 0 saturated carbocycles. The Balaban J connectivity index is 1.64. The van der Waals surface area contributed by atoms with Gasteiger partial charge in [0.25, 0.3) is 0 Å². The number of aromatic nitrogens is 5. The molecule has 0 aliphatic rings. The minimum absolute atomic E-state index is 0.134. The number of ether oxygens (including phenoxy) is 1. The van der Waals surface area contributed by atoms with Gasteiger partial charge in [0.15, 0.2) is 11.6 Å². The Bertz CT molecular complexity index is 1130. The van der Waals surface area contributed by atoms with Crippen molar-refractivity contribution in [3.8, 4) is 11.4 Å². The second kappa shape index (κ2) is 8.79. The monoisotopic (exact) mass is 403 g/mol. The molecular weight excluding hydrogens is 374 g/mol. The number of aryl methyl sites for hydroxylation is 4. The van der Waals surface area contributed by atoms with Gasteiger partial charge in [-0.15, -0.1) is 0 Å². The fourth-order valence-corrected chi connectivity index (χ4v) is 3.76. The SMILES string of the molecule is CCOC(C)c1nc(-c2ccc3c(c2)nc(C)n3C)n(CCCc2ccccc2)n1. The van der Waals surface area contributed by atoms with Gasteiger partial charge in [0.1, 0.15) is 11.9 Å². The number of rotatable bonds is 8. The quantitative estimate of drug-likeness (QED) is 0.421. The van der Waals surface area contributed by atoms with Crippen molar-refractivity contribution in [2.75, 3.05) is 6.61 Å². The molecular formula is C24H29N5O. The summed E-state index contributed by atoms with van der Waals surface area (Å²) in [4.78, 5) is 9.54. The van der Waals surface area contributed by atoms with Crippen LogP contribution in [-0.4, -0.2) is 30.9 Å². The molecule has 1 unspecified atom stereocenters. The average Bonchev–Trinajstić information content (AvgIpc) is 3.30. The highest BCUT2D eigenvalue weighted by Crippen LogP contribution is 2.25. The van der Waals surface area contributed by atoms with Gasteiger partial charge in [0, 0.05) is 25.8 Å². The van der Waals surface area contributed by atoms with Crippen LogP contribution in [0.1, 0.15) is 43.6 Å². The summed E-state index contributed by atoms with van der Waals surface area (Å²) in [6, 6.07) is 16.9. The molecule has 156 valence electrons. The molecule has 0 spiro atoms. The Kier molecular flexibility index (Phi) is 5.95. The number of benzene rings is 2. The highest BCUT2D eigenvalue weighted by atomic mass is 16.5. The molecule has 6 heteroatoms. The largest absolute Gasteiger partial charge is 0.371 e. The van der Waals surface area contributed by atoms with E-state index in [9.17, 15) is 0 Å². The summed E-state index contributed by atoms with van der Waals surface area (Å²) < 4.78 is 9.86. The highest BCUT2D eigenvalue weighted by molar-refractivity contribution is 5.81. The van der Waals surface area contributed by atoms with Crippen LogP contribution in [0.5, 0.6) is 0 Å². The van der Waals surface area contributed by atoms with Gasteiger partial charge in [-0.05, 0) is 57.4 Å². The molecule has 0 amide bonds. The van der Waals surface area contributed by atoms with Crippen molar-refractivity contribution in [3.63, 3.8) is 0 Å². The number of nitrogens with zero attached hydrogens (tertiary/aromatic N) is 5. The standard InChI is InChI=1S/C24H29N5O/c1-5-30-17(2)23-26-24(20-13-14-22-21(16-20)25-18(3)28(22)4)29(27-23)15-9-12-19-10-7-6-8-11-19/h6-8,10-11,13-14,16-17H,5,9,12,15H2,1-4H3. The fourth-order valence-electron chi connectivity index (χ4n) is 3.76. The Hall–Kier alpha value is -2.99. The first kappa shape index (κ1) is 20.3. The van der Waals surface area contributed by atoms with Crippen molar-refractivity contribution >= 4 is 11.0 Å². The van der Waals surface area contributed by atoms with E-state index in [2.05, 4.69) is 58.1 Å². The van der Waals surface area contributed by atoms with Crippen molar-refractivity contribution in [1.82, 2.24) is 24.3 Å². The third-order valence-electron chi connectivity index (χ3n) is 5.51. The smallest absolute Gasteiger partial charge is 0.179 e. The number of hydrogen-bond acceptors (Lipinski definition) is 4. The van der Waals surface area contributed by atoms with Crippen LogP contribution in [0, 0.1) is 6.92 Å². The lowest BCUT2D eigenvalue weighted by molar-refractivity contribution is 0.0699. The molecule has 0 radical (unpaired) electrons. The predicted octanol–water partition coefficient (Wildman–Crippen LogP) is 4.87. The summed E-state index contributed by atoms with van der Waals surface area (Å²) in [5.41, 5.74) is 4.47. The summed E-state index contributed by atoms with van der Waals surface area (Å²) >= 11 is 0. The molecule has 2 heterocycles. The zero-order chi connectivity index (χ0) is 21.1. The topological polar surface area (TPSA) is 57.8 Å². The molecule has 4 rings (SSSR count). The lowest BCUT2D eigenvalue weighted by atomic mass is 10.1. The molecule has 0 saturated heterocycles. The van der Waals surface area contributed by atoms with E-state index < -0.39 is 0 Å². The van der Waals surface area contributed by atoms with E-state index >= 15 is 0 Å². The van der Waals surface area contributed by atoms with Crippen molar-refractivity contribution in [1.29, 1.82) is 0 Å². The Morgan fingerprint density at radius 3 is 2.63 bits per heavy atom. The van der Waals surface area contributed by atoms with Crippen molar-refractivity contribution in [3.05, 3.63) is 65.7 Å². The fraction of sp³-hybridized carbons (Fsp3) is 0.375. The van der Waals surface area contributed by atoms with E-state index in [0.717, 1.165) is 53.5 Å². The zero-order valence-corrected chi connectivity index (χ0v) is 18.2. The van der Waals surface area contributed by atoms with Crippen LogP contribution in [0.4, 0.5) is 0 Å². The van der Waals surface area contributed by atoms with Gasteiger partial charge in [-0.1, -0.05) is 30.3 Å². The maximum absolute atomic E-state index is 5.74. The summed E-state index contributed by atoms with van der Waals surface area (Å²) in [5.74, 6) is 2.59. The Labute approximate surface area is 177 Å². The maximum atomic E-state index is 5.74. The summed E-state index contributed by atoms with van der Waals surface area (Å²) in [6.45, 7) is 7.45. The van der Waals surface area contributed by atoms with Crippen LogP contribution in [-0.2, 0) is 24.8 Å². The average molecular weight is 404 g/mol. The van der Waals surface area contributed by atoms with E-state index in [0.29, 0.717) is 6.61 Å². The van der Waals surface area contributed by atoms with E-state index in [1.807, 2.05) is 32.5 Å². The van der Waals surface area contributed by atoms with Crippen LogP contribution in [0.2, 0.25) is 0 Å². The third-order valence-corrected chi connectivity index (χ3v) is 5.51. The summed E-state index contributed by atoms with van der Waals surface area (Å²) in [5, 5.41) is 4.79. The number of hydrogen-bond donors (Lipinski definition) is 0. The lowest BCUT2D eigenvalue weighted by Gasteiger charge is -2.07. The van der Waals surface area contributed by atoms with Crippen molar-refractivity contribution in [2.24, 2.45) is 7.05 Å². The molecule has 0 fully saturated rings. The molecule has 4 aromatic rings. The van der Waals surface area contributed by atoms with Crippen LogP contribution >= 0.6 is 0 Å². The first-order valence-corrected chi connectivity index (χ1v) is 10.6. The molecule has 30 heavy (non-hydrogen) atoms. The number of fused-ring (bicyclic) bond motifs is 1. The first-order valence-electron chi connectivity index (χ1n) is 10.6. The van der Waals surface area contributed by atoms with Gasteiger partial charge in [0.2, 0.25) is 0 Å². The van der Waals surface area contributed by atoms with Crippen molar-refractivity contribution < 1.29 is 4.74 Å². The van der Waals surface area contributed by atoms with Crippen molar-refractivity contribution in [2.45, 2.75) is 46.3 Å². The van der Waals surface area contributed by atoms with Gasteiger partial charge < -0.3 is 9.30 Å². The molecule has 2 aromatic heterocycles. The summed E-state index contributed by atoms with van der Waals surface area (Å²) in [7, 11) is 2.04. The normalized spacial score (nSPS) is 12.5. The zero-order valence-electron chi connectivity index (χ0n) is 18.2. The van der Waals surface area contributed by atoms with Gasteiger partial charge in [-0.25, -0.2) is 14.6 Å². The van der Waals surface area contributed by atoms with Crippen LogP contribution in [0.3, 0.4) is 0 Å². The molecule has 6 nitrogen and oxygen atoms in total. The molecule has 2 aromatic carbocycles. The van der Waals surface area contributed by atoms with E-state index in [1.54, 1.807) is 0 Å². The predicted molar refractivity (Wildman–Crippen MR) is 119 cm³/mol. The molecule has 1 atom stereocenters. The molecule has 0 N–H and O–H groups in total. The van der Waals surface area contributed by atoms with E-state index in [1.165, 1.54) is 5.56 Å². The Morgan fingerprint density at radius 1 is 1.07 bits per heavy atom. The minimum atomic E-state index is -0.134. The lowest BCUT2D eigenvalue weighted by Crippen LogP contribution is -2.06. The molecule has 0 aliphatic carbocycles. The summed E-state index contributed by atoms with van der Waals surface area (Å²) in [6.07, 6.45) is 1.87. The second-order valence-electron chi connectivity index (χ2n) is 7.63. The van der Waals surface area contributed by atoms with E-state index in [4.69, 9.17) is 14.8 Å². The van der Waals surface area contributed by atoms with Crippen LogP contribution < -0.4 is 0 Å². The maximum Gasteiger partial charge on any atom is 0.179 e. The van der Waals surface area contributed by atoms with Gasteiger partial charge >= 0.3 is 0 Å².